The van der Waals surface area contributed by atoms with Crippen LogP contribution in [0, 0.1) is 20.2 Å². The van der Waals surface area contributed by atoms with Crippen LogP contribution in [-0.4, -0.2) is 33.1 Å². The molecule has 0 spiro atoms. The maximum absolute atomic E-state index is 11.1. The molecule has 0 aliphatic carbocycles. The van der Waals surface area contributed by atoms with Crippen LogP contribution >= 0.6 is 0 Å². The second-order valence-electron chi connectivity index (χ2n) is 3.85. The molecule has 104 valence electrons. The van der Waals surface area contributed by atoms with Gasteiger partial charge in [0.25, 0.3) is 5.69 Å². The summed E-state index contributed by atoms with van der Waals surface area (Å²) < 4.78 is 0. The molecule has 0 aliphatic rings. The van der Waals surface area contributed by atoms with Crippen LogP contribution < -0.4 is 5.32 Å². The molecule has 0 aliphatic heterocycles. The zero-order chi connectivity index (χ0) is 14.7. The van der Waals surface area contributed by atoms with E-state index in [1.807, 2.05) is 0 Å². The number of hydrogen-bond donors (Lipinski definition) is 2. The average molecular weight is 278 g/mol. The number of fused-ring (bicyclic) bond motifs is 1. The predicted molar refractivity (Wildman–Crippen MR) is 70.6 cm³/mol. The molecule has 0 amide bonds. The van der Waals surface area contributed by atoms with Gasteiger partial charge in [-0.25, -0.2) is 0 Å². The highest BCUT2D eigenvalue weighted by molar-refractivity contribution is 6.01. The maximum atomic E-state index is 11.1. The zero-order valence-electron chi connectivity index (χ0n) is 10.1. The standard InChI is InChI=1S/C11H10N4O5/c16-5-4-13-11-9(15(19)20)6-8(14(17)18)7-2-1-3-12-10(7)11/h1-3,6,13,16H,4-5H2. The Bertz CT molecular complexity index is 688. The monoisotopic (exact) mass is 278 g/mol. The number of nitrogens with zero attached hydrogens (tertiary/aromatic N) is 3. The number of nitro benzene ring substituents is 2. The van der Waals surface area contributed by atoms with E-state index in [4.69, 9.17) is 5.11 Å². The Labute approximate surface area is 112 Å². The number of aliphatic hydroxyl groups excluding tert-OH is 1. The van der Waals surface area contributed by atoms with Crippen LogP contribution in [0.1, 0.15) is 0 Å². The van der Waals surface area contributed by atoms with Crippen molar-refractivity contribution in [1.29, 1.82) is 0 Å². The lowest BCUT2D eigenvalue weighted by Crippen LogP contribution is -2.09. The van der Waals surface area contributed by atoms with E-state index in [-0.39, 0.29) is 35.4 Å². The fourth-order valence-electron chi connectivity index (χ4n) is 1.86. The van der Waals surface area contributed by atoms with Crippen LogP contribution in [-0.2, 0) is 0 Å². The summed E-state index contributed by atoms with van der Waals surface area (Å²) in [6.07, 6.45) is 1.39. The third-order valence-electron chi connectivity index (χ3n) is 2.66. The minimum atomic E-state index is -0.721. The van der Waals surface area contributed by atoms with Gasteiger partial charge in [-0.15, -0.1) is 0 Å². The van der Waals surface area contributed by atoms with Gasteiger partial charge in [-0.2, -0.15) is 0 Å². The van der Waals surface area contributed by atoms with Crippen molar-refractivity contribution >= 4 is 28.0 Å². The van der Waals surface area contributed by atoms with Crippen LogP contribution in [0.5, 0.6) is 0 Å². The van der Waals surface area contributed by atoms with Crippen molar-refractivity contribution in [2.45, 2.75) is 0 Å². The summed E-state index contributed by atoms with van der Waals surface area (Å²) in [7, 11) is 0. The molecule has 0 bridgehead atoms. The van der Waals surface area contributed by atoms with Gasteiger partial charge in [0.05, 0.1) is 27.9 Å². The molecule has 0 saturated heterocycles. The molecular weight excluding hydrogens is 268 g/mol. The summed E-state index contributed by atoms with van der Waals surface area (Å²) in [4.78, 5) is 24.6. The summed E-state index contributed by atoms with van der Waals surface area (Å²) in [6, 6.07) is 3.87. The summed E-state index contributed by atoms with van der Waals surface area (Å²) in [5, 5.41) is 33.8. The smallest absolute Gasteiger partial charge is 0.301 e. The highest BCUT2D eigenvalue weighted by Gasteiger charge is 2.25. The minimum absolute atomic E-state index is 0.0604. The van der Waals surface area contributed by atoms with Gasteiger partial charge in [-0.3, -0.25) is 25.2 Å². The van der Waals surface area contributed by atoms with Gasteiger partial charge in [0.2, 0.25) is 0 Å². The largest absolute Gasteiger partial charge is 0.395 e. The van der Waals surface area contributed by atoms with Gasteiger partial charge in [0, 0.05) is 12.7 Å². The minimum Gasteiger partial charge on any atom is -0.395 e. The normalized spacial score (nSPS) is 10.4. The van der Waals surface area contributed by atoms with E-state index in [2.05, 4.69) is 10.3 Å². The topological polar surface area (TPSA) is 131 Å². The Kier molecular flexibility index (Phi) is 3.71. The summed E-state index contributed by atoms with van der Waals surface area (Å²) >= 11 is 0. The first-order valence-corrected chi connectivity index (χ1v) is 5.61. The summed E-state index contributed by atoms with van der Waals surface area (Å²) in [6.45, 7) is -0.160. The first kappa shape index (κ1) is 13.6. The number of nitrogens with one attached hydrogen (secondary N) is 1. The van der Waals surface area contributed by atoms with Crippen molar-refractivity contribution in [2.24, 2.45) is 0 Å². The second-order valence-corrected chi connectivity index (χ2v) is 3.85. The molecule has 0 unspecified atom stereocenters. The number of rotatable bonds is 5. The molecule has 1 heterocycles. The van der Waals surface area contributed by atoms with Crippen LogP contribution in [0.3, 0.4) is 0 Å². The molecule has 9 heteroatoms. The molecule has 0 atom stereocenters. The fraction of sp³-hybridized carbons (Fsp3) is 0.182. The number of pyridine rings is 1. The predicted octanol–water partition coefficient (Wildman–Crippen LogP) is 1.46. The van der Waals surface area contributed by atoms with Crippen molar-refractivity contribution in [3.63, 3.8) is 0 Å². The zero-order valence-corrected chi connectivity index (χ0v) is 10.1. The third kappa shape index (κ3) is 2.34. The Balaban J connectivity index is 2.80. The first-order chi connectivity index (χ1) is 9.56. The van der Waals surface area contributed by atoms with Gasteiger partial charge in [0.15, 0.2) is 0 Å². The Morgan fingerprint density at radius 2 is 1.95 bits per heavy atom. The van der Waals surface area contributed by atoms with Crippen LogP contribution in [0.25, 0.3) is 10.9 Å². The number of nitro groups is 2. The van der Waals surface area contributed by atoms with Crippen LogP contribution in [0.2, 0.25) is 0 Å². The molecule has 1 aromatic carbocycles. The number of non-ortho nitro benzene ring substituents is 1. The molecule has 0 radical (unpaired) electrons. The average Bonchev–Trinajstić information content (AvgIpc) is 2.43. The van der Waals surface area contributed by atoms with E-state index >= 15 is 0 Å². The molecule has 1 aromatic heterocycles. The number of aliphatic hydroxyl groups is 1. The van der Waals surface area contributed by atoms with E-state index in [0.29, 0.717) is 0 Å². The second kappa shape index (κ2) is 5.45. The third-order valence-corrected chi connectivity index (χ3v) is 2.66. The van der Waals surface area contributed by atoms with Crippen LogP contribution in [0.15, 0.2) is 24.4 Å². The van der Waals surface area contributed by atoms with E-state index in [9.17, 15) is 20.2 Å². The highest BCUT2D eigenvalue weighted by atomic mass is 16.6. The number of hydrogen-bond acceptors (Lipinski definition) is 7. The number of benzene rings is 1. The van der Waals surface area contributed by atoms with Crippen LogP contribution in [0.4, 0.5) is 17.1 Å². The summed E-state index contributed by atoms with van der Waals surface area (Å²) in [5.41, 5.74) is -0.641. The van der Waals surface area contributed by atoms with E-state index in [0.717, 1.165) is 6.07 Å². The van der Waals surface area contributed by atoms with Gasteiger partial charge in [-0.05, 0) is 12.1 Å². The van der Waals surface area contributed by atoms with Gasteiger partial charge < -0.3 is 10.4 Å². The van der Waals surface area contributed by atoms with Crippen molar-refractivity contribution in [1.82, 2.24) is 4.98 Å². The lowest BCUT2D eigenvalue weighted by atomic mass is 10.1. The van der Waals surface area contributed by atoms with E-state index in [1.54, 1.807) is 0 Å². The SMILES string of the molecule is O=[N+]([O-])c1cc([N+](=O)[O-])c2cccnc2c1NCCO. The van der Waals surface area contributed by atoms with E-state index < -0.39 is 15.5 Å². The summed E-state index contributed by atoms with van der Waals surface area (Å²) in [5.74, 6) is 0. The maximum Gasteiger partial charge on any atom is 0.301 e. The Hall–Kier alpha value is -2.81. The quantitative estimate of drug-likeness (QED) is 0.624. The molecular formula is C11H10N4O5. The molecule has 2 aromatic rings. The first-order valence-electron chi connectivity index (χ1n) is 5.61. The van der Waals surface area contributed by atoms with Crippen molar-refractivity contribution in [3.8, 4) is 0 Å². The van der Waals surface area contributed by atoms with Crippen molar-refractivity contribution < 1.29 is 15.0 Å². The van der Waals surface area contributed by atoms with Gasteiger partial charge >= 0.3 is 5.69 Å². The fourth-order valence-corrected chi connectivity index (χ4v) is 1.86. The van der Waals surface area contributed by atoms with Crippen molar-refractivity contribution in [3.05, 3.63) is 44.6 Å². The lowest BCUT2D eigenvalue weighted by molar-refractivity contribution is -0.392. The van der Waals surface area contributed by atoms with Gasteiger partial charge in [-0.1, -0.05) is 0 Å². The molecule has 0 saturated carbocycles. The Morgan fingerprint density at radius 1 is 1.25 bits per heavy atom. The van der Waals surface area contributed by atoms with Crippen molar-refractivity contribution in [2.75, 3.05) is 18.5 Å². The Morgan fingerprint density at radius 3 is 2.55 bits per heavy atom. The van der Waals surface area contributed by atoms with E-state index in [1.165, 1.54) is 18.3 Å². The molecule has 20 heavy (non-hydrogen) atoms. The number of anilines is 1. The molecule has 2 rings (SSSR count). The number of aromatic nitrogens is 1. The molecule has 2 N–H and O–H groups in total. The highest BCUT2D eigenvalue weighted by Crippen LogP contribution is 2.37. The lowest BCUT2D eigenvalue weighted by Gasteiger charge is -2.09. The van der Waals surface area contributed by atoms with Gasteiger partial charge in [0.1, 0.15) is 11.2 Å². The molecule has 9 nitrogen and oxygen atoms in total. The molecule has 0 fully saturated rings.